The zero-order valence-electron chi connectivity index (χ0n) is 12.2. The third kappa shape index (κ3) is 1.97. The molecule has 2 atom stereocenters. The summed E-state index contributed by atoms with van der Waals surface area (Å²) < 4.78 is 0. The zero-order chi connectivity index (χ0) is 15.2. The molecule has 0 bridgehead atoms. The second kappa shape index (κ2) is 4.80. The lowest BCUT2D eigenvalue weighted by Gasteiger charge is -2.15. The van der Waals surface area contributed by atoms with Crippen LogP contribution in [-0.2, 0) is 16.1 Å². The number of carbonyl (C=O) groups excluding carboxylic acids is 2. The van der Waals surface area contributed by atoms with Gasteiger partial charge < -0.3 is 0 Å². The predicted octanol–water partition coefficient (Wildman–Crippen LogP) is 3.12. The quantitative estimate of drug-likeness (QED) is 0.815. The smallest absolute Gasteiger partial charge is 0.236 e. The molecular weight excluding hydrogens is 274 g/mol. The Morgan fingerprint density at radius 3 is 2.27 bits per heavy atom. The van der Waals surface area contributed by atoms with E-state index >= 15 is 0 Å². The maximum absolute atomic E-state index is 12.8. The molecule has 2 fully saturated rings. The average Bonchev–Trinajstić information content (AvgIpc) is 3.23. The van der Waals surface area contributed by atoms with Crippen LogP contribution < -0.4 is 0 Å². The van der Waals surface area contributed by atoms with E-state index in [9.17, 15) is 9.59 Å². The normalized spacial score (nSPS) is 26.7. The molecule has 3 heteroatoms. The lowest BCUT2D eigenvalue weighted by Crippen LogP contribution is -2.30. The molecular formula is C19H17NO2. The Morgan fingerprint density at radius 1 is 0.955 bits per heavy atom. The number of likely N-dealkylation sites (tertiary alicyclic amines) is 1. The highest BCUT2D eigenvalue weighted by Crippen LogP contribution is 2.65. The van der Waals surface area contributed by atoms with Crippen molar-refractivity contribution in [3.8, 4) is 0 Å². The van der Waals surface area contributed by atoms with Gasteiger partial charge in [0.05, 0.1) is 12.0 Å². The number of imide groups is 1. The molecule has 1 saturated carbocycles. The number of rotatable bonds is 3. The Morgan fingerprint density at radius 2 is 1.59 bits per heavy atom. The van der Waals surface area contributed by atoms with Gasteiger partial charge in [0.2, 0.25) is 11.8 Å². The monoisotopic (exact) mass is 291 g/mol. The first-order chi connectivity index (χ1) is 10.7. The summed E-state index contributed by atoms with van der Waals surface area (Å²) in [5, 5.41) is 0. The molecule has 1 saturated heterocycles. The van der Waals surface area contributed by atoms with Crippen molar-refractivity contribution in [2.75, 3.05) is 0 Å². The van der Waals surface area contributed by atoms with Crippen molar-refractivity contribution in [1.82, 2.24) is 4.90 Å². The van der Waals surface area contributed by atoms with E-state index in [1.165, 1.54) is 10.5 Å². The molecule has 0 N–H and O–H groups in total. The van der Waals surface area contributed by atoms with Crippen LogP contribution in [0.25, 0.3) is 0 Å². The summed E-state index contributed by atoms with van der Waals surface area (Å²) in [5.74, 6) is 0.174. The Hall–Kier alpha value is -2.42. The van der Waals surface area contributed by atoms with E-state index in [4.69, 9.17) is 0 Å². The molecule has 0 aromatic heterocycles. The van der Waals surface area contributed by atoms with Crippen molar-refractivity contribution in [3.05, 3.63) is 71.8 Å². The highest BCUT2D eigenvalue weighted by Gasteiger charge is 2.66. The third-order valence-electron chi connectivity index (χ3n) is 4.90. The summed E-state index contributed by atoms with van der Waals surface area (Å²) >= 11 is 0. The van der Waals surface area contributed by atoms with Crippen LogP contribution in [0.1, 0.15) is 29.9 Å². The number of hydrogen-bond acceptors (Lipinski definition) is 2. The molecule has 3 nitrogen and oxygen atoms in total. The standard InChI is InChI=1S/C19H17NO2/c21-17-12-19(11-16(19)15-9-5-2-6-10-15)18(22)20(17)13-14-7-3-1-4-8-14/h1-10,16H,11-13H2/t16-,19?/m1/s1. The van der Waals surface area contributed by atoms with E-state index in [0.29, 0.717) is 13.0 Å². The van der Waals surface area contributed by atoms with Crippen molar-refractivity contribution >= 4 is 11.8 Å². The van der Waals surface area contributed by atoms with Gasteiger partial charge in [0, 0.05) is 6.42 Å². The molecule has 0 radical (unpaired) electrons. The average molecular weight is 291 g/mol. The first-order valence-electron chi connectivity index (χ1n) is 7.64. The summed E-state index contributed by atoms with van der Waals surface area (Å²) in [6, 6.07) is 19.8. The number of nitrogens with zero attached hydrogens (tertiary/aromatic N) is 1. The Balaban J connectivity index is 1.56. The second-order valence-electron chi connectivity index (χ2n) is 6.27. The molecule has 1 heterocycles. The van der Waals surface area contributed by atoms with Crippen molar-refractivity contribution in [2.24, 2.45) is 5.41 Å². The summed E-state index contributed by atoms with van der Waals surface area (Å²) in [4.78, 5) is 26.6. The number of hydrogen-bond donors (Lipinski definition) is 0. The Kier molecular flexibility index (Phi) is 2.89. The van der Waals surface area contributed by atoms with E-state index in [0.717, 1.165) is 12.0 Å². The van der Waals surface area contributed by atoms with Crippen LogP contribution in [-0.4, -0.2) is 16.7 Å². The van der Waals surface area contributed by atoms with Crippen LogP contribution in [0.2, 0.25) is 0 Å². The van der Waals surface area contributed by atoms with Crippen LogP contribution in [0.3, 0.4) is 0 Å². The molecule has 1 spiro atoms. The van der Waals surface area contributed by atoms with E-state index in [1.54, 1.807) is 0 Å². The van der Waals surface area contributed by atoms with Crippen LogP contribution >= 0.6 is 0 Å². The predicted molar refractivity (Wildman–Crippen MR) is 82.8 cm³/mol. The van der Waals surface area contributed by atoms with Gasteiger partial charge in [-0.3, -0.25) is 14.5 Å². The number of benzene rings is 2. The van der Waals surface area contributed by atoms with E-state index in [-0.39, 0.29) is 17.7 Å². The van der Waals surface area contributed by atoms with Gasteiger partial charge in [0.25, 0.3) is 0 Å². The van der Waals surface area contributed by atoms with E-state index in [1.807, 2.05) is 48.5 Å². The highest BCUT2D eigenvalue weighted by molar-refractivity contribution is 6.08. The molecule has 2 aliphatic rings. The summed E-state index contributed by atoms with van der Waals surface area (Å²) in [6.45, 7) is 0.391. The first kappa shape index (κ1) is 13.3. The lowest BCUT2D eigenvalue weighted by molar-refractivity contribution is -0.140. The van der Waals surface area contributed by atoms with Gasteiger partial charge in [-0.2, -0.15) is 0 Å². The van der Waals surface area contributed by atoms with Gasteiger partial charge in [-0.25, -0.2) is 0 Å². The first-order valence-corrected chi connectivity index (χ1v) is 7.64. The van der Waals surface area contributed by atoms with Crippen LogP contribution in [0.4, 0.5) is 0 Å². The van der Waals surface area contributed by atoms with Gasteiger partial charge in [-0.15, -0.1) is 0 Å². The molecule has 1 aliphatic heterocycles. The maximum Gasteiger partial charge on any atom is 0.236 e. The minimum absolute atomic E-state index is 0.00945. The molecule has 2 aromatic carbocycles. The number of carbonyl (C=O) groups is 2. The van der Waals surface area contributed by atoms with Gasteiger partial charge in [-0.05, 0) is 23.5 Å². The lowest BCUT2D eigenvalue weighted by atomic mass is 9.97. The van der Waals surface area contributed by atoms with Gasteiger partial charge >= 0.3 is 0 Å². The molecule has 1 aliphatic carbocycles. The maximum atomic E-state index is 12.8. The summed E-state index contributed by atoms with van der Waals surface area (Å²) in [7, 11) is 0. The molecule has 110 valence electrons. The molecule has 2 aromatic rings. The van der Waals surface area contributed by atoms with Crippen molar-refractivity contribution < 1.29 is 9.59 Å². The largest absolute Gasteiger partial charge is 0.278 e. The minimum atomic E-state index is -0.465. The fourth-order valence-corrected chi connectivity index (χ4v) is 3.61. The summed E-state index contributed by atoms with van der Waals surface area (Å²) in [5.41, 5.74) is 1.70. The summed E-state index contributed by atoms with van der Waals surface area (Å²) in [6.07, 6.45) is 1.16. The molecule has 2 amide bonds. The van der Waals surface area contributed by atoms with E-state index in [2.05, 4.69) is 12.1 Å². The molecule has 22 heavy (non-hydrogen) atoms. The van der Waals surface area contributed by atoms with Gasteiger partial charge in [0.1, 0.15) is 0 Å². The van der Waals surface area contributed by atoms with Crippen molar-refractivity contribution in [2.45, 2.75) is 25.3 Å². The Labute approximate surface area is 129 Å². The molecule has 4 rings (SSSR count). The second-order valence-corrected chi connectivity index (χ2v) is 6.27. The SMILES string of the molecule is O=C1CC2(C[C@@H]2c2ccccc2)C(=O)N1Cc1ccccc1. The van der Waals surface area contributed by atoms with E-state index < -0.39 is 5.41 Å². The highest BCUT2D eigenvalue weighted by atomic mass is 16.2. The van der Waals surface area contributed by atoms with Crippen LogP contribution in [0.15, 0.2) is 60.7 Å². The Bertz CT molecular complexity index is 726. The van der Waals surface area contributed by atoms with Gasteiger partial charge in [-0.1, -0.05) is 60.7 Å². The van der Waals surface area contributed by atoms with Crippen molar-refractivity contribution in [3.63, 3.8) is 0 Å². The van der Waals surface area contributed by atoms with Crippen LogP contribution in [0.5, 0.6) is 0 Å². The van der Waals surface area contributed by atoms with Crippen LogP contribution in [0, 0.1) is 5.41 Å². The minimum Gasteiger partial charge on any atom is -0.278 e. The number of amides is 2. The zero-order valence-corrected chi connectivity index (χ0v) is 12.2. The third-order valence-corrected chi connectivity index (χ3v) is 4.90. The van der Waals surface area contributed by atoms with Crippen molar-refractivity contribution in [1.29, 1.82) is 0 Å². The fourth-order valence-electron chi connectivity index (χ4n) is 3.61. The topological polar surface area (TPSA) is 37.4 Å². The van der Waals surface area contributed by atoms with Gasteiger partial charge in [0.15, 0.2) is 0 Å². The molecule has 1 unspecified atom stereocenters. The fraction of sp³-hybridized carbons (Fsp3) is 0.263.